The fourth-order valence-electron chi connectivity index (χ4n) is 3.86. The number of pyridine rings is 1. The van der Waals surface area contributed by atoms with Gasteiger partial charge in [-0.3, -0.25) is 19.5 Å². The number of aryl methyl sites for hydroxylation is 1. The largest absolute Gasteiger partial charge is 0.354 e. The highest BCUT2D eigenvalue weighted by molar-refractivity contribution is 5.92. The van der Waals surface area contributed by atoms with Crippen LogP contribution >= 0.6 is 0 Å². The number of imidazole rings is 1. The number of rotatable bonds is 4. The fraction of sp³-hybridized carbons (Fsp3) is 0.227. The minimum absolute atomic E-state index is 0.129. The van der Waals surface area contributed by atoms with E-state index in [-0.39, 0.29) is 17.0 Å². The quantitative estimate of drug-likeness (QED) is 0.453. The first kappa shape index (κ1) is 20.0. The van der Waals surface area contributed by atoms with Crippen LogP contribution in [0.5, 0.6) is 0 Å². The average Bonchev–Trinajstić information content (AvgIpc) is 3.35. The van der Waals surface area contributed by atoms with Crippen LogP contribution < -0.4 is 10.9 Å². The minimum atomic E-state index is -0.460. The summed E-state index contributed by atoms with van der Waals surface area (Å²) in [5.41, 5.74) is 3.93. The third kappa shape index (κ3) is 3.44. The van der Waals surface area contributed by atoms with Crippen LogP contribution in [-0.2, 0) is 19.6 Å². The number of H-pyrrole nitrogens is 2. The lowest BCUT2D eigenvalue weighted by Gasteiger charge is -2.16. The fourth-order valence-corrected chi connectivity index (χ4v) is 3.86. The molecule has 0 saturated heterocycles. The van der Waals surface area contributed by atoms with Gasteiger partial charge in [0, 0.05) is 44.0 Å². The van der Waals surface area contributed by atoms with E-state index in [0.29, 0.717) is 47.9 Å². The molecule has 0 atom stereocenters. The normalized spacial score (nSPS) is 13.5. The highest BCUT2D eigenvalue weighted by Crippen LogP contribution is 2.27. The van der Waals surface area contributed by atoms with Crippen LogP contribution in [0.2, 0.25) is 0 Å². The third-order valence-corrected chi connectivity index (χ3v) is 5.57. The highest BCUT2D eigenvalue weighted by Gasteiger charge is 2.25. The molecule has 3 N–H and O–H groups in total. The Morgan fingerprint density at radius 1 is 1.19 bits per heavy atom. The number of fused-ring (bicyclic) bond motifs is 2. The van der Waals surface area contributed by atoms with E-state index in [1.54, 1.807) is 44.4 Å². The number of hydrogen-bond donors (Lipinski definition) is 3. The van der Waals surface area contributed by atoms with Gasteiger partial charge in [0.2, 0.25) is 0 Å². The van der Waals surface area contributed by atoms with Crippen LogP contribution in [0.4, 0.5) is 4.39 Å². The molecule has 0 saturated carbocycles. The smallest absolute Gasteiger partial charge is 0.269 e. The van der Waals surface area contributed by atoms with E-state index in [2.05, 4.69) is 35.1 Å². The summed E-state index contributed by atoms with van der Waals surface area (Å²) in [4.78, 5) is 44.4. The van der Waals surface area contributed by atoms with Crippen LogP contribution in [0.15, 0.2) is 35.3 Å². The van der Waals surface area contributed by atoms with Gasteiger partial charge in [-0.1, -0.05) is 6.07 Å². The molecule has 3 aromatic heterocycles. The molecule has 0 bridgehead atoms. The molecule has 0 radical (unpaired) electrons. The van der Waals surface area contributed by atoms with Crippen molar-refractivity contribution in [3.05, 3.63) is 75.0 Å². The third-order valence-electron chi connectivity index (χ3n) is 5.57. The van der Waals surface area contributed by atoms with Gasteiger partial charge in [0.05, 0.1) is 16.9 Å². The molecule has 162 valence electrons. The van der Waals surface area contributed by atoms with Gasteiger partial charge in [-0.05, 0) is 25.1 Å². The second kappa shape index (κ2) is 7.65. The Labute approximate surface area is 181 Å². The molecular weight excluding hydrogens is 413 g/mol. The lowest BCUT2D eigenvalue weighted by atomic mass is 10.1. The second-order valence-corrected chi connectivity index (χ2v) is 7.75. The highest BCUT2D eigenvalue weighted by atomic mass is 19.1. The van der Waals surface area contributed by atoms with E-state index in [4.69, 9.17) is 0 Å². The molecule has 5 rings (SSSR count). The predicted molar refractivity (Wildman–Crippen MR) is 115 cm³/mol. The molecule has 0 unspecified atom stereocenters. The Hall–Kier alpha value is -3.92. The van der Waals surface area contributed by atoms with Gasteiger partial charge in [-0.2, -0.15) is 0 Å². The van der Waals surface area contributed by atoms with Crippen molar-refractivity contribution in [1.29, 1.82) is 0 Å². The lowest BCUT2D eigenvalue weighted by Crippen LogP contribution is -2.19. The number of halogens is 1. The first-order valence-corrected chi connectivity index (χ1v) is 10.1. The summed E-state index contributed by atoms with van der Waals surface area (Å²) in [5, 5.41) is 2.54. The van der Waals surface area contributed by atoms with E-state index in [9.17, 15) is 14.0 Å². The van der Waals surface area contributed by atoms with Crippen molar-refractivity contribution in [2.24, 2.45) is 0 Å². The first-order chi connectivity index (χ1) is 15.4. The Morgan fingerprint density at radius 3 is 2.75 bits per heavy atom. The maximum atomic E-state index is 15.0. The summed E-state index contributed by atoms with van der Waals surface area (Å²) in [6.45, 7) is 3.12. The molecule has 32 heavy (non-hydrogen) atoms. The zero-order valence-electron chi connectivity index (χ0n) is 17.5. The van der Waals surface area contributed by atoms with E-state index in [1.165, 1.54) is 0 Å². The predicted octanol–water partition coefficient (Wildman–Crippen LogP) is 2.03. The molecule has 9 nitrogen and oxygen atoms in total. The van der Waals surface area contributed by atoms with E-state index < -0.39 is 5.82 Å². The molecule has 0 aliphatic carbocycles. The Morgan fingerprint density at radius 2 is 2.03 bits per heavy atom. The summed E-state index contributed by atoms with van der Waals surface area (Å²) in [6, 6.07) is 6.87. The van der Waals surface area contributed by atoms with Crippen LogP contribution in [-0.4, -0.2) is 42.8 Å². The molecule has 10 heteroatoms. The number of benzene rings is 1. The van der Waals surface area contributed by atoms with Gasteiger partial charge in [0.15, 0.2) is 5.82 Å². The molecule has 4 heterocycles. The van der Waals surface area contributed by atoms with Crippen molar-refractivity contribution in [1.82, 2.24) is 35.1 Å². The maximum Gasteiger partial charge on any atom is 0.269 e. The zero-order valence-corrected chi connectivity index (χ0v) is 17.5. The van der Waals surface area contributed by atoms with Crippen molar-refractivity contribution in [3.8, 4) is 11.4 Å². The van der Waals surface area contributed by atoms with Crippen molar-refractivity contribution in [2.75, 3.05) is 7.05 Å². The number of amides is 1. The van der Waals surface area contributed by atoms with Crippen molar-refractivity contribution in [3.63, 3.8) is 0 Å². The molecule has 4 aromatic rings. The standard InChI is InChI=1S/C22H20FN7O2/c1-11-21(31)29-19-14(26-11)5-4-13(18(19)23)8-30-9-16-17(10-30)28-20(27-16)12-3-6-15(25-7-12)22(32)24-2/h3-7H,8-10H2,1-2H3,(H,24,32)(H,27,28)(H,29,31). The molecule has 1 aliphatic heterocycles. The maximum absolute atomic E-state index is 15.0. The van der Waals surface area contributed by atoms with Gasteiger partial charge in [-0.15, -0.1) is 0 Å². The number of nitrogens with one attached hydrogen (secondary N) is 3. The SMILES string of the molecule is CNC(=O)c1ccc(-c2nc3c([nH]2)CN(Cc2ccc4nc(C)c(=O)[nH]c4c2F)C3)cn1. The first-order valence-electron chi connectivity index (χ1n) is 10.1. The van der Waals surface area contributed by atoms with E-state index in [0.717, 1.165) is 17.0 Å². The molecular formula is C22H20FN7O2. The molecule has 1 amide bonds. The number of nitrogens with zero attached hydrogens (tertiary/aromatic N) is 4. The Bertz CT molecular complexity index is 1390. The molecule has 0 fully saturated rings. The number of aromatic amines is 2. The zero-order chi connectivity index (χ0) is 22.4. The second-order valence-electron chi connectivity index (χ2n) is 7.75. The Balaban J connectivity index is 1.33. The van der Waals surface area contributed by atoms with Crippen molar-refractivity contribution < 1.29 is 9.18 Å². The number of carbonyl (C=O) groups is 1. The number of aromatic nitrogens is 5. The topological polar surface area (TPSA) is 120 Å². The molecule has 1 aliphatic rings. The van der Waals surface area contributed by atoms with Crippen LogP contribution in [0.25, 0.3) is 22.4 Å². The van der Waals surface area contributed by atoms with Gasteiger partial charge >= 0.3 is 0 Å². The summed E-state index contributed by atoms with van der Waals surface area (Å²) in [6.07, 6.45) is 1.61. The van der Waals surface area contributed by atoms with Gasteiger partial charge in [0.1, 0.15) is 22.7 Å². The summed E-state index contributed by atoms with van der Waals surface area (Å²) < 4.78 is 15.0. The van der Waals surface area contributed by atoms with E-state index in [1.807, 2.05) is 0 Å². The monoisotopic (exact) mass is 433 g/mol. The summed E-state index contributed by atoms with van der Waals surface area (Å²) in [7, 11) is 1.56. The summed E-state index contributed by atoms with van der Waals surface area (Å²) >= 11 is 0. The van der Waals surface area contributed by atoms with Crippen LogP contribution in [0.1, 0.15) is 33.1 Å². The van der Waals surface area contributed by atoms with Crippen molar-refractivity contribution >= 4 is 16.9 Å². The summed E-state index contributed by atoms with van der Waals surface area (Å²) in [5.74, 6) is -0.0230. The van der Waals surface area contributed by atoms with Crippen molar-refractivity contribution in [2.45, 2.75) is 26.6 Å². The Kier molecular flexibility index (Phi) is 4.78. The van der Waals surface area contributed by atoms with Gasteiger partial charge < -0.3 is 15.3 Å². The average molecular weight is 433 g/mol. The van der Waals surface area contributed by atoms with Crippen LogP contribution in [0.3, 0.4) is 0 Å². The number of carbonyl (C=O) groups excluding carboxylic acids is 1. The molecule has 0 spiro atoms. The van der Waals surface area contributed by atoms with E-state index >= 15 is 0 Å². The molecule has 1 aromatic carbocycles. The van der Waals surface area contributed by atoms with Gasteiger partial charge in [0.25, 0.3) is 11.5 Å². The van der Waals surface area contributed by atoms with Gasteiger partial charge in [-0.25, -0.2) is 14.4 Å². The minimum Gasteiger partial charge on any atom is -0.354 e. The lowest BCUT2D eigenvalue weighted by molar-refractivity contribution is 0.0958. The number of hydrogen-bond acceptors (Lipinski definition) is 6. The van der Waals surface area contributed by atoms with Crippen LogP contribution in [0, 0.1) is 12.7 Å².